The zero-order valence-corrected chi connectivity index (χ0v) is 12.1. The van der Waals surface area contributed by atoms with Gasteiger partial charge in [-0.15, -0.1) is 0 Å². The summed E-state index contributed by atoms with van der Waals surface area (Å²) in [4.78, 5) is 15.7. The fourth-order valence-electron chi connectivity index (χ4n) is 1.44. The molecule has 0 saturated heterocycles. The number of nitrogens with zero attached hydrogens (tertiary/aromatic N) is 2. The minimum atomic E-state index is -0.560. The van der Waals surface area contributed by atoms with Crippen LogP contribution in [0.15, 0.2) is 28.3 Å². The number of esters is 1. The van der Waals surface area contributed by atoms with Crippen molar-refractivity contribution in [2.45, 2.75) is 20.8 Å². The summed E-state index contributed by atoms with van der Waals surface area (Å²) in [6.07, 6.45) is 0. The zero-order valence-electron chi connectivity index (χ0n) is 12.1. The van der Waals surface area contributed by atoms with E-state index in [4.69, 9.17) is 4.74 Å². The molecule has 6 nitrogen and oxygen atoms in total. The number of aliphatic imine (C=N–C) groups is 1. The van der Waals surface area contributed by atoms with E-state index in [-0.39, 0.29) is 18.1 Å². The number of aryl methyl sites for hydroxylation is 1. The topological polar surface area (TPSA) is 83.3 Å². The number of carbonyl (C=O) groups is 1. The van der Waals surface area contributed by atoms with Crippen molar-refractivity contribution in [3.63, 3.8) is 0 Å². The lowest BCUT2D eigenvalue weighted by molar-refractivity contribution is -0.134. The van der Waals surface area contributed by atoms with Gasteiger partial charge in [0.15, 0.2) is 5.71 Å². The molecule has 0 aromatic heterocycles. The Morgan fingerprint density at radius 2 is 2.15 bits per heavy atom. The maximum atomic E-state index is 11.8. The lowest BCUT2D eigenvalue weighted by Gasteiger charge is -2.08. The Labute approximate surface area is 118 Å². The summed E-state index contributed by atoms with van der Waals surface area (Å²) in [5.41, 5.74) is 4.56. The van der Waals surface area contributed by atoms with Gasteiger partial charge in [0.05, 0.1) is 18.0 Å². The number of ether oxygens (including phenoxy) is 1. The van der Waals surface area contributed by atoms with Crippen molar-refractivity contribution in [1.29, 1.82) is 0 Å². The number of benzene rings is 1. The summed E-state index contributed by atoms with van der Waals surface area (Å²) in [6, 6.07) is 5.05. The van der Waals surface area contributed by atoms with Crippen LogP contribution in [0, 0.1) is 6.92 Å². The molecule has 0 amide bonds. The number of nitrogens with one attached hydrogen (secondary N) is 1. The third-order valence-electron chi connectivity index (χ3n) is 2.59. The molecule has 0 aliphatic heterocycles. The van der Waals surface area contributed by atoms with Gasteiger partial charge in [0.25, 0.3) is 0 Å². The second kappa shape index (κ2) is 7.28. The van der Waals surface area contributed by atoms with E-state index in [9.17, 15) is 9.90 Å². The molecule has 1 aromatic carbocycles. The molecule has 0 aliphatic rings. The highest BCUT2D eigenvalue weighted by molar-refractivity contribution is 6.65. The highest BCUT2D eigenvalue weighted by Gasteiger charge is 2.16. The number of hydrogen-bond acceptors (Lipinski definition) is 6. The molecule has 0 unspecified atom stereocenters. The van der Waals surface area contributed by atoms with Crippen LogP contribution in [0.2, 0.25) is 0 Å². The summed E-state index contributed by atoms with van der Waals surface area (Å²) in [5, 5.41) is 13.7. The fourth-order valence-corrected chi connectivity index (χ4v) is 1.44. The van der Waals surface area contributed by atoms with E-state index in [1.165, 1.54) is 0 Å². The van der Waals surface area contributed by atoms with Gasteiger partial charge in [-0.05, 0) is 38.5 Å². The van der Waals surface area contributed by atoms with E-state index < -0.39 is 5.97 Å². The third kappa shape index (κ3) is 4.08. The number of hydrogen-bond donors (Lipinski definition) is 2. The van der Waals surface area contributed by atoms with Crippen molar-refractivity contribution < 1.29 is 14.6 Å². The second-order valence-corrected chi connectivity index (χ2v) is 4.12. The van der Waals surface area contributed by atoms with Gasteiger partial charge in [0.2, 0.25) is 0 Å². The van der Waals surface area contributed by atoms with Crippen molar-refractivity contribution in [2.75, 3.05) is 19.1 Å². The molecular formula is C14H19N3O3. The molecule has 0 heterocycles. The summed E-state index contributed by atoms with van der Waals surface area (Å²) in [5.74, 6) is -0.510. The molecule has 0 radical (unpaired) electrons. The smallest absolute Gasteiger partial charge is 0.360 e. The summed E-state index contributed by atoms with van der Waals surface area (Å²) in [7, 11) is 1.56. The monoisotopic (exact) mass is 277 g/mol. The van der Waals surface area contributed by atoms with Crippen molar-refractivity contribution in [2.24, 2.45) is 10.1 Å². The van der Waals surface area contributed by atoms with Crippen LogP contribution >= 0.6 is 0 Å². The van der Waals surface area contributed by atoms with Gasteiger partial charge in [-0.2, -0.15) is 5.10 Å². The minimum absolute atomic E-state index is 0.0497. The number of hydrazone groups is 1. The Balaban J connectivity index is 3.02. The molecular weight excluding hydrogens is 258 g/mol. The first-order valence-electron chi connectivity index (χ1n) is 6.23. The van der Waals surface area contributed by atoms with Gasteiger partial charge in [-0.3, -0.25) is 10.4 Å². The molecule has 0 bridgehead atoms. The highest BCUT2D eigenvalue weighted by Crippen LogP contribution is 2.23. The van der Waals surface area contributed by atoms with Crippen LogP contribution < -0.4 is 5.43 Å². The van der Waals surface area contributed by atoms with E-state index >= 15 is 0 Å². The molecule has 0 saturated carbocycles. The van der Waals surface area contributed by atoms with Gasteiger partial charge < -0.3 is 9.84 Å². The SMILES string of the molecule is CCOC(=O)/C(=N\Nc1cc(C)ccc1O)C(C)=NC. The normalized spacial score (nSPS) is 12.2. The number of anilines is 1. The molecule has 6 heteroatoms. The van der Waals surface area contributed by atoms with Crippen LogP contribution in [0.1, 0.15) is 19.4 Å². The molecule has 108 valence electrons. The Morgan fingerprint density at radius 3 is 2.75 bits per heavy atom. The number of carbonyl (C=O) groups excluding carboxylic acids is 1. The predicted molar refractivity (Wildman–Crippen MR) is 79.6 cm³/mol. The first kappa shape index (κ1) is 15.7. The maximum absolute atomic E-state index is 11.8. The highest BCUT2D eigenvalue weighted by atomic mass is 16.5. The van der Waals surface area contributed by atoms with Gasteiger partial charge in [-0.1, -0.05) is 6.07 Å². The zero-order chi connectivity index (χ0) is 15.1. The summed E-state index contributed by atoms with van der Waals surface area (Å²) in [6.45, 7) is 5.52. The van der Waals surface area contributed by atoms with Gasteiger partial charge in [0, 0.05) is 7.05 Å². The van der Waals surface area contributed by atoms with Gasteiger partial charge >= 0.3 is 5.97 Å². The van der Waals surface area contributed by atoms with E-state index in [0.717, 1.165) is 5.56 Å². The summed E-state index contributed by atoms with van der Waals surface area (Å²) < 4.78 is 4.92. The van der Waals surface area contributed by atoms with Crippen LogP contribution in [0.3, 0.4) is 0 Å². The first-order chi connectivity index (χ1) is 9.49. The molecule has 0 spiro atoms. The van der Waals surface area contributed by atoms with Crippen LogP contribution in [-0.2, 0) is 9.53 Å². The molecule has 0 aliphatic carbocycles. The summed E-state index contributed by atoms with van der Waals surface area (Å²) >= 11 is 0. The maximum Gasteiger partial charge on any atom is 0.360 e. The Kier molecular flexibility index (Phi) is 5.71. The lowest BCUT2D eigenvalue weighted by Crippen LogP contribution is -2.25. The van der Waals surface area contributed by atoms with E-state index in [2.05, 4.69) is 15.5 Å². The quantitative estimate of drug-likeness (QED) is 0.374. The molecule has 1 aromatic rings. The van der Waals surface area contributed by atoms with E-state index in [1.54, 1.807) is 39.1 Å². The van der Waals surface area contributed by atoms with Crippen molar-refractivity contribution in [1.82, 2.24) is 0 Å². The average Bonchev–Trinajstić information content (AvgIpc) is 2.42. The van der Waals surface area contributed by atoms with Crippen molar-refractivity contribution in [3.8, 4) is 5.75 Å². The third-order valence-corrected chi connectivity index (χ3v) is 2.59. The van der Waals surface area contributed by atoms with E-state index in [1.807, 2.05) is 6.92 Å². The minimum Gasteiger partial charge on any atom is -0.506 e. The van der Waals surface area contributed by atoms with Crippen molar-refractivity contribution in [3.05, 3.63) is 23.8 Å². The fraction of sp³-hybridized carbons (Fsp3) is 0.357. The van der Waals surface area contributed by atoms with Crippen LogP contribution in [0.4, 0.5) is 5.69 Å². The number of phenols is 1. The Hall–Kier alpha value is -2.37. The molecule has 0 atom stereocenters. The second-order valence-electron chi connectivity index (χ2n) is 4.12. The molecule has 0 fully saturated rings. The molecule has 1 rings (SSSR count). The largest absolute Gasteiger partial charge is 0.506 e. The molecule has 20 heavy (non-hydrogen) atoms. The number of rotatable bonds is 5. The first-order valence-corrected chi connectivity index (χ1v) is 6.23. The van der Waals surface area contributed by atoms with Gasteiger partial charge in [0.1, 0.15) is 5.75 Å². The Bertz CT molecular complexity index is 551. The van der Waals surface area contributed by atoms with Gasteiger partial charge in [-0.25, -0.2) is 4.79 Å². The molecule has 2 N–H and O–H groups in total. The van der Waals surface area contributed by atoms with Crippen molar-refractivity contribution >= 4 is 23.1 Å². The van der Waals surface area contributed by atoms with E-state index in [0.29, 0.717) is 11.4 Å². The number of phenolic OH excluding ortho intramolecular Hbond substituents is 1. The lowest BCUT2D eigenvalue weighted by atomic mass is 10.2. The van der Waals surface area contributed by atoms with Crippen LogP contribution in [0.5, 0.6) is 5.75 Å². The standard InChI is InChI=1S/C14H19N3O3/c1-5-20-14(19)13(10(3)15-4)17-16-11-8-9(2)6-7-12(11)18/h6-8,16,18H,5H2,1-4H3/b15-10?,17-13-. The predicted octanol–water partition coefficient (Wildman–Crippen LogP) is 2.12. The Morgan fingerprint density at radius 1 is 1.45 bits per heavy atom. The number of aromatic hydroxyl groups is 1. The van der Waals surface area contributed by atoms with Crippen LogP contribution in [0.25, 0.3) is 0 Å². The average molecular weight is 277 g/mol. The van der Waals surface area contributed by atoms with Crippen LogP contribution in [-0.4, -0.2) is 36.2 Å².